The zero-order valence-electron chi connectivity index (χ0n) is 16.2. The zero-order chi connectivity index (χ0) is 19.5. The van der Waals surface area contributed by atoms with Gasteiger partial charge in [0.15, 0.2) is 17.3 Å². The average Bonchev–Trinajstić information content (AvgIpc) is 2.62. The van der Waals surface area contributed by atoms with Gasteiger partial charge in [0, 0.05) is 12.8 Å². The Morgan fingerprint density at radius 1 is 0.846 bits per heavy atom. The van der Waals surface area contributed by atoms with Crippen molar-refractivity contribution in [3.8, 4) is 17.2 Å². The molecule has 0 aliphatic rings. The first kappa shape index (κ1) is 21.8. The minimum atomic E-state index is -0.741. The molecule has 0 saturated carbocycles. The van der Waals surface area contributed by atoms with Crippen molar-refractivity contribution in [3.63, 3.8) is 0 Å². The average molecular weight is 366 g/mol. The van der Waals surface area contributed by atoms with Crippen molar-refractivity contribution >= 4 is 11.8 Å². The van der Waals surface area contributed by atoms with Crippen molar-refractivity contribution in [1.82, 2.24) is 0 Å². The second-order valence-electron chi connectivity index (χ2n) is 6.28. The Morgan fingerprint density at radius 3 is 1.88 bits per heavy atom. The second kappa shape index (κ2) is 11.4. The van der Waals surface area contributed by atoms with E-state index in [1.165, 1.54) is 14.2 Å². The van der Waals surface area contributed by atoms with Crippen LogP contribution >= 0.6 is 0 Å². The first-order valence-corrected chi connectivity index (χ1v) is 9.00. The number of unbranched alkanes of at least 4 members (excludes halogenated alkanes) is 5. The molecule has 6 nitrogen and oxygen atoms in total. The molecule has 1 aromatic carbocycles. The lowest BCUT2D eigenvalue weighted by Gasteiger charge is -2.17. The zero-order valence-corrected chi connectivity index (χ0v) is 16.2. The van der Waals surface area contributed by atoms with Gasteiger partial charge in [0.05, 0.1) is 26.9 Å². The first-order chi connectivity index (χ1) is 12.5. The summed E-state index contributed by atoms with van der Waals surface area (Å²) in [6.07, 6.45) is 6.08. The Labute approximate surface area is 155 Å². The van der Waals surface area contributed by atoms with Crippen molar-refractivity contribution in [2.24, 2.45) is 0 Å². The van der Waals surface area contributed by atoms with E-state index in [-0.39, 0.29) is 12.2 Å². The number of rotatable bonds is 13. The molecule has 1 aromatic rings. The summed E-state index contributed by atoms with van der Waals surface area (Å²) in [5.74, 6) is 0.686. The standard InChI is InChI=1S/C20H30O6/c1-14-13-16(24-2)19(25-3)20(26-4)18(14)15(21)11-9-7-5-6-8-10-12-17(22)23/h13H,5-12H2,1-4H3,(H,22,23). The molecule has 1 rings (SSSR count). The van der Waals surface area contributed by atoms with E-state index in [9.17, 15) is 9.59 Å². The molecule has 6 heteroatoms. The van der Waals surface area contributed by atoms with Crippen molar-refractivity contribution in [2.45, 2.75) is 58.3 Å². The molecule has 0 spiro atoms. The van der Waals surface area contributed by atoms with E-state index >= 15 is 0 Å². The van der Waals surface area contributed by atoms with Crippen LogP contribution in [-0.2, 0) is 4.79 Å². The van der Waals surface area contributed by atoms with Gasteiger partial charge in [-0.15, -0.1) is 0 Å². The number of carboxylic acids is 1. The third kappa shape index (κ3) is 6.24. The number of ketones is 1. The summed E-state index contributed by atoms with van der Waals surface area (Å²) in [7, 11) is 4.59. The van der Waals surface area contributed by atoms with Gasteiger partial charge in [0.25, 0.3) is 0 Å². The normalized spacial score (nSPS) is 10.5. The maximum Gasteiger partial charge on any atom is 0.303 e. The van der Waals surface area contributed by atoms with Gasteiger partial charge in [-0.2, -0.15) is 0 Å². The minimum Gasteiger partial charge on any atom is -0.493 e. The lowest BCUT2D eigenvalue weighted by atomic mass is 9.97. The lowest BCUT2D eigenvalue weighted by molar-refractivity contribution is -0.137. The molecular weight excluding hydrogens is 336 g/mol. The molecule has 0 bridgehead atoms. The van der Waals surface area contributed by atoms with Crippen LogP contribution in [0.1, 0.15) is 67.3 Å². The smallest absolute Gasteiger partial charge is 0.303 e. The fourth-order valence-electron chi connectivity index (χ4n) is 3.02. The number of carboxylic acid groups (broad SMARTS) is 1. The number of methoxy groups -OCH3 is 3. The van der Waals surface area contributed by atoms with Crippen LogP contribution in [0.5, 0.6) is 17.2 Å². The van der Waals surface area contributed by atoms with Crippen LogP contribution in [0.4, 0.5) is 0 Å². The van der Waals surface area contributed by atoms with E-state index in [2.05, 4.69) is 0 Å². The van der Waals surface area contributed by atoms with E-state index in [0.29, 0.717) is 29.2 Å². The number of aliphatic carboxylic acids is 1. The van der Waals surface area contributed by atoms with Gasteiger partial charge in [-0.3, -0.25) is 9.59 Å². The molecule has 26 heavy (non-hydrogen) atoms. The minimum absolute atomic E-state index is 0.0335. The Morgan fingerprint density at radius 2 is 1.38 bits per heavy atom. The van der Waals surface area contributed by atoms with Crippen LogP contribution in [0.15, 0.2) is 6.07 Å². The maximum absolute atomic E-state index is 12.7. The van der Waals surface area contributed by atoms with Crippen molar-refractivity contribution in [3.05, 3.63) is 17.2 Å². The molecule has 0 saturated heterocycles. The highest BCUT2D eigenvalue weighted by Gasteiger charge is 2.23. The molecule has 0 fully saturated rings. The Bertz CT molecular complexity index is 609. The molecular formula is C20H30O6. The van der Waals surface area contributed by atoms with E-state index in [1.807, 2.05) is 6.92 Å². The predicted molar refractivity (Wildman–Crippen MR) is 99.7 cm³/mol. The summed E-state index contributed by atoms with van der Waals surface area (Å²) >= 11 is 0. The number of Topliss-reactive ketones (excluding diaryl/α,β-unsaturated/α-hetero) is 1. The number of aryl methyl sites for hydroxylation is 1. The first-order valence-electron chi connectivity index (χ1n) is 9.00. The summed E-state index contributed by atoms with van der Waals surface area (Å²) in [5.41, 5.74) is 1.35. The van der Waals surface area contributed by atoms with Crippen LogP contribution in [0, 0.1) is 6.92 Å². The molecule has 0 aliphatic heterocycles. The SMILES string of the molecule is COc1cc(C)c(C(=O)CCCCCCCCC(=O)O)c(OC)c1OC. The molecule has 146 valence electrons. The van der Waals surface area contributed by atoms with Crippen LogP contribution in [-0.4, -0.2) is 38.2 Å². The number of carbonyl (C=O) groups is 2. The van der Waals surface area contributed by atoms with Gasteiger partial charge in [0.2, 0.25) is 5.75 Å². The van der Waals surface area contributed by atoms with Crippen molar-refractivity contribution < 1.29 is 28.9 Å². The van der Waals surface area contributed by atoms with Crippen LogP contribution < -0.4 is 14.2 Å². The Kier molecular flexibility index (Phi) is 9.55. The number of ether oxygens (including phenoxy) is 3. The summed E-state index contributed by atoms with van der Waals surface area (Å²) in [6, 6.07) is 1.79. The van der Waals surface area contributed by atoms with E-state index in [0.717, 1.165) is 44.1 Å². The van der Waals surface area contributed by atoms with E-state index in [1.54, 1.807) is 13.2 Å². The fourth-order valence-corrected chi connectivity index (χ4v) is 3.02. The topological polar surface area (TPSA) is 82.1 Å². The molecule has 0 aliphatic carbocycles. The fraction of sp³-hybridized carbons (Fsp3) is 0.600. The van der Waals surface area contributed by atoms with Gasteiger partial charge in [0.1, 0.15) is 0 Å². The summed E-state index contributed by atoms with van der Waals surface area (Å²) in [6.45, 7) is 1.86. The summed E-state index contributed by atoms with van der Waals surface area (Å²) in [4.78, 5) is 23.1. The van der Waals surface area contributed by atoms with Crippen LogP contribution in [0.25, 0.3) is 0 Å². The lowest BCUT2D eigenvalue weighted by Crippen LogP contribution is -2.07. The molecule has 0 atom stereocenters. The highest BCUT2D eigenvalue weighted by molar-refractivity contribution is 6.01. The molecule has 0 heterocycles. The third-order valence-electron chi connectivity index (χ3n) is 4.35. The van der Waals surface area contributed by atoms with Crippen LogP contribution in [0.3, 0.4) is 0 Å². The monoisotopic (exact) mass is 366 g/mol. The van der Waals surface area contributed by atoms with Gasteiger partial charge in [-0.05, 0) is 31.4 Å². The number of hydrogen-bond donors (Lipinski definition) is 1. The van der Waals surface area contributed by atoms with Gasteiger partial charge < -0.3 is 19.3 Å². The van der Waals surface area contributed by atoms with Gasteiger partial charge in [-0.25, -0.2) is 0 Å². The highest BCUT2D eigenvalue weighted by atomic mass is 16.5. The van der Waals surface area contributed by atoms with E-state index in [4.69, 9.17) is 19.3 Å². The summed E-state index contributed by atoms with van der Waals surface area (Å²) < 4.78 is 16.1. The number of carbonyl (C=O) groups excluding carboxylic acids is 1. The van der Waals surface area contributed by atoms with E-state index < -0.39 is 5.97 Å². The Balaban J connectivity index is 2.58. The highest BCUT2D eigenvalue weighted by Crippen LogP contribution is 2.42. The van der Waals surface area contributed by atoms with Crippen molar-refractivity contribution in [2.75, 3.05) is 21.3 Å². The second-order valence-corrected chi connectivity index (χ2v) is 6.28. The molecule has 1 N–H and O–H groups in total. The predicted octanol–water partition coefficient (Wildman–Crippen LogP) is 4.41. The maximum atomic E-state index is 12.7. The van der Waals surface area contributed by atoms with Gasteiger partial charge >= 0.3 is 5.97 Å². The summed E-state index contributed by atoms with van der Waals surface area (Å²) in [5, 5.41) is 8.59. The van der Waals surface area contributed by atoms with Crippen molar-refractivity contribution in [1.29, 1.82) is 0 Å². The molecule has 0 amide bonds. The third-order valence-corrected chi connectivity index (χ3v) is 4.35. The largest absolute Gasteiger partial charge is 0.493 e. The quantitative estimate of drug-likeness (QED) is 0.411. The Hall–Kier alpha value is -2.24. The molecule has 0 unspecified atom stereocenters. The molecule has 0 aromatic heterocycles. The van der Waals surface area contributed by atoms with Gasteiger partial charge in [-0.1, -0.05) is 25.7 Å². The molecule has 0 radical (unpaired) electrons. The number of hydrogen-bond acceptors (Lipinski definition) is 5. The van der Waals surface area contributed by atoms with Crippen LogP contribution in [0.2, 0.25) is 0 Å². The number of benzene rings is 1.